The fourth-order valence-electron chi connectivity index (χ4n) is 2.13. The zero-order chi connectivity index (χ0) is 23.5. The largest absolute Gasteiger partial charge is 0.480 e. The molecule has 3 amide bonds. The molecule has 11 heteroatoms. The molecule has 2 atom stereocenters. The summed E-state index contributed by atoms with van der Waals surface area (Å²) in [5, 5.41) is 17.0. The van der Waals surface area contributed by atoms with Gasteiger partial charge in [-0.05, 0) is 40.0 Å². The summed E-state index contributed by atoms with van der Waals surface area (Å²) < 4.78 is 5.11. The molecule has 0 aromatic heterocycles. The number of amides is 3. The Balaban J connectivity index is 4.56. The van der Waals surface area contributed by atoms with Crippen LogP contribution in [0.4, 0.5) is 4.79 Å². The Morgan fingerprint density at radius 2 is 1.57 bits per heavy atom. The molecule has 0 aliphatic carbocycles. The van der Waals surface area contributed by atoms with Crippen LogP contribution in [-0.2, 0) is 19.1 Å². The lowest BCUT2D eigenvalue weighted by Gasteiger charge is -2.25. The summed E-state index contributed by atoms with van der Waals surface area (Å²) in [5.41, 5.74) is -1.37. The standard InChI is InChI=1S/C19H35N3O6S2/c1-18(2,3)28-17(27)20-9-7-6-8-12(15(24)25)21-14(23)13(10-29)22-16(26)19(4,5)11-30/h12-13,29-30H,6-11H2,1-5H3,(H,20,27)(H,21,23)(H,22,26)(H,24,25)/t12-,13-/m0/s1. The van der Waals surface area contributed by atoms with Crippen LogP contribution in [-0.4, -0.2) is 64.7 Å². The highest BCUT2D eigenvalue weighted by molar-refractivity contribution is 7.80. The predicted molar refractivity (Wildman–Crippen MR) is 121 cm³/mol. The Morgan fingerprint density at radius 1 is 0.967 bits per heavy atom. The Kier molecular flexibility index (Phi) is 12.2. The van der Waals surface area contributed by atoms with Crippen molar-refractivity contribution in [1.82, 2.24) is 16.0 Å². The smallest absolute Gasteiger partial charge is 0.407 e. The van der Waals surface area contributed by atoms with Crippen molar-refractivity contribution in [3.8, 4) is 0 Å². The molecule has 0 bridgehead atoms. The molecule has 0 unspecified atom stereocenters. The summed E-state index contributed by atoms with van der Waals surface area (Å²) in [5.74, 6) is -1.86. The van der Waals surface area contributed by atoms with Gasteiger partial charge in [-0.15, -0.1) is 0 Å². The number of unbranched alkanes of at least 4 members (excludes halogenated alkanes) is 1. The normalized spacial score (nSPS) is 13.7. The van der Waals surface area contributed by atoms with Crippen molar-refractivity contribution in [1.29, 1.82) is 0 Å². The van der Waals surface area contributed by atoms with Gasteiger partial charge in [0.1, 0.15) is 17.7 Å². The number of carbonyl (C=O) groups is 4. The van der Waals surface area contributed by atoms with Crippen LogP contribution in [0.2, 0.25) is 0 Å². The van der Waals surface area contributed by atoms with E-state index < -0.39 is 41.1 Å². The van der Waals surface area contributed by atoms with E-state index in [1.807, 2.05) is 0 Å². The number of nitrogens with one attached hydrogen (secondary N) is 3. The van der Waals surface area contributed by atoms with Gasteiger partial charge < -0.3 is 25.8 Å². The first kappa shape index (κ1) is 28.4. The quantitative estimate of drug-likeness (QED) is 0.192. The van der Waals surface area contributed by atoms with Crippen LogP contribution in [0.3, 0.4) is 0 Å². The average molecular weight is 466 g/mol. The van der Waals surface area contributed by atoms with Crippen LogP contribution in [0.1, 0.15) is 53.9 Å². The van der Waals surface area contributed by atoms with Gasteiger partial charge in [0.15, 0.2) is 0 Å². The van der Waals surface area contributed by atoms with E-state index in [2.05, 4.69) is 41.2 Å². The number of ether oxygens (including phenoxy) is 1. The third-order valence-electron chi connectivity index (χ3n) is 4.02. The molecule has 0 rings (SSSR count). The van der Waals surface area contributed by atoms with Gasteiger partial charge in [0, 0.05) is 18.1 Å². The van der Waals surface area contributed by atoms with Gasteiger partial charge in [-0.2, -0.15) is 25.3 Å². The second-order valence-corrected chi connectivity index (χ2v) is 9.26. The van der Waals surface area contributed by atoms with E-state index in [9.17, 15) is 24.3 Å². The molecule has 0 aliphatic rings. The number of thiol groups is 2. The number of carbonyl (C=O) groups excluding carboxylic acids is 3. The summed E-state index contributed by atoms with van der Waals surface area (Å²) >= 11 is 8.20. The Bertz CT molecular complexity index is 608. The monoisotopic (exact) mass is 465 g/mol. The van der Waals surface area contributed by atoms with E-state index in [1.54, 1.807) is 34.6 Å². The first-order chi connectivity index (χ1) is 13.7. The zero-order valence-electron chi connectivity index (χ0n) is 18.3. The molecule has 30 heavy (non-hydrogen) atoms. The third kappa shape index (κ3) is 11.5. The molecule has 0 spiro atoms. The van der Waals surface area contributed by atoms with Crippen molar-refractivity contribution in [3.63, 3.8) is 0 Å². The van der Waals surface area contributed by atoms with Crippen molar-refractivity contribution >= 4 is 49.1 Å². The summed E-state index contributed by atoms with van der Waals surface area (Å²) in [6.45, 7) is 8.97. The topological polar surface area (TPSA) is 134 Å². The number of carboxylic acids is 1. The maximum atomic E-state index is 12.4. The van der Waals surface area contributed by atoms with Crippen molar-refractivity contribution in [3.05, 3.63) is 0 Å². The second kappa shape index (κ2) is 12.9. The van der Waals surface area contributed by atoms with Crippen LogP contribution >= 0.6 is 25.3 Å². The minimum atomic E-state index is -1.18. The summed E-state index contributed by atoms with van der Waals surface area (Å²) in [4.78, 5) is 47.7. The molecular weight excluding hydrogens is 430 g/mol. The maximum absolute atomic E-state index is 12.4. The maximum Gasteiger partial charge on any atom is 0.407 e. The van der Waals surface area contributed by atoms with E-state index in [0.717, 1.165) is 0 Å². The van der Waals surface area contributed by atoms with Crippen LogP contribution < -0.4 is 16.0 Å². The van der Waals surface area contributed by atoms with E-state index in [1.165, 1.54) is 0 Å². The molecule has 174 valence electrons. The number of rotatable bonds is 12. The zero-order valence-corrected chi connectivity index (χ0v) is 20.1. The van der Waals surface area contributed by atoms with Crippen molar-refractivity contribution in [2.24, 2.45) is 5.41 Å². The Morgan fingerprint density at radius 3 is 2.03 bits per heavy atom. The number of carboxylic acid groups (broad SMARTS) is 1. The van der Waals surface area contributed by atoms with Crippen LogP contribution in [0.5, 0.6) is 0 Å². The van der Waals surface area contributed by atoms with Gasteiger partial charge >= 0.3 is 12.1 Å². The first-order valence-electron chi connectivity index (χ1n) is 9.76. The Labute approximate surface area is 189 Å². The number of hydrogen-bond donors (Lipinski definition) is 6. The van der Waals surface area contributed by atoms with Crippen LogP contribution in [0, 0.1) is 5.41 Å². The van der Waals surface area contributed by atoms with Crippen LogP contribution in [0.25, 0.3) is 0 Å². The molecular formula is C19H35N3O6S2. The Hall–Kier alpha value is -1.62. The van der Waals surface area contributed by atoms with E-state index >= 15 is 0 Å². The molecule has 0 radical (unpaired) electrons. The fourth-order valence-corrected chi connectivity index (χ4v) is 2.53. The lowest BCUT2D eigenvalue weighted by Crippen LogP contribution is -2.54. The molecule has 0 saturated carbocycles. The summed E-state index contributed by atoms with van der Waals surface area (Å²) in [6, 6.07) is -2.08. The third-order valence-corrected chi connectivity index (χ3v) is 5.17. The first-order valence-corrected chi connectivity index (χ1v) is 11.0. The SMILES string of the molecule is CC(C)(C)OC(=O)NCCCC[C@H](NC(=O)[C@H](CS)NC(=O)C(C)(C)CS)C(=O)O. The molecule has 0 saturated heterocycles. The lowest BCUT2D eigenvalue weighted by molar-refractivity contribution is -0.142. The van der Waals surface area contributed by atoms with Gasteiger partial charge in [-0.25, -0.2) is 9.59 Å². The molecule has 4 N–H and O–H groups in total. The van der Waals surface area contributed by atoms with E-state index in [0.29, 0.717) is 19.4 Å². The van der Waals surface area contributed by atoms with Gasteiger partial charge in [0.2, 0.25) is 11.8 Å². The highest BCUT2D eigenvalue weighted by Crippen LogP contribution is 2.17. The second-order valence-electron chi connectivity index (χ2n) is 8.57. The number of hydrogen-bond acceptors (Lipinski definition) is 7. The summed E-state index contributed by atoms with van der Waals surface area (Å²) in [7, 11) is 0. The molecule has 0 aliphatic heterocycles. The number of aliphatic carboxylic acids is 1. The van der Waals surface area contributed by atoms with E-state index in [4.69, 9.17) is 4.74 Å². The lowest BCUT2D eigenvalue weighted by atomic mass is 9.95. The fraction of sp³-hybridized carbons (Fsp3) is 0.789. The molecule has 0 fully saturated rings. The summed E-state index contributed by atoms with van der Waals surface area (Å²) in [6.07, 6.45) is 0.605. The highest BCUT2D eigenvalue weighted by Gasteiger charge is 2.31. The van der Waals surface area contributed by atoms with Gasteiger partial charge in [-0.3, -0.25) is 9.59 Å². The van der Waals surface area contributed by atoms with Crippen molar-refractivity contribution < 1.29 is 29.0 Å². The van der Waals surface area contributed by atoms with Crippen LogP contribution in [0.15, 0.2) is 0 Å². The van der Waals surface area contributed by atoms with E-state index in [-0.39, 0.29) is 23.8 Å². The molecule has 0 aromatic rings. The minimum absolute atomic E-state index is 0.0202. The van der Waals surface area contributed by atoms with Crippen molar-refractivity contribution in [2.75, 3.05) is 18.1 Å². The van der Waals surface area contributed by atoms with Gasteiger partial charge in [-0.1, -0.05) is 13.8 Å². The number of alkyl carbamates (subject to hydrolysis) is 1. The van der Waals surface area contributed by atoms with Gasteiger partial charge in [0.05, 0.1) is 5.41 Å². The molecule has 0 heterocycles. The van der Waals surface area contributed by atoms with Crippen molar-refractivity contribution in [2.45, 2.75) is 71.6 Å². The highest BCUT2D eigenvalue weighted by atomic mass is 32.1. The minimum Gasteiger partial charge on any atom is -0.480 e. The molecule has 9 nitrogen and oxygen atoms in total. The molecule has 0 aromatic carbocycles. The average Bonchev–Trinajstić information content (AvgIpc) is 2.62. The van der Waals surface area contributed by atoms with Gasteiger partial charge in [0.25, 0.3) is 0 Å². The predicted octanol–water partition coefficient (Wildman–Crippen LogP) is 1.62.